The molecule has 0 atom stereocenters. The number of rotatable bonds is 6. The number of nitrogens with one attached hydrogen (secondary N) is 1. The van der Waals surface area contributed by atoms with Gasteiger partial charge in [-0.2, -0.15) is 0 Å². The third-order valence-electron chi connectivity index (χ3n) is 4.65. The maximum atomic E-state index is 12.4. The van der Waals surface area contributed by atoms with Crippen LogP contribution in [0.25, 0.3) is 0 Å². The Morgan fingerprint density at radius 2 is 1.93 bits per heavy atom. The first-order valence-electron chi connectivity index (χ1n) is 9.36. The quantitative estimate of drug-likeness (QED) is 0.851. The van der Waals surface area contributed by atoms with Gasteiger partial charge in [-0.25, -0.2) is 0 Å². The highest BCUT2D eigenvalue weighted by atomic mass is 16.5. The highest BCUT2D eigenvalue weighted by Crippen LogP contribution is 2.15. The number of aromatic nitrogens is 1. The van der Waals surface area contributed by atoms with Crippen molar-refractivity contribution in [3.05, 3.63) is 59.9 Å². The van der Waals surface area contributed by atoms with Gasteiger partial charge in [-0.3, -0.25) is 14.6 Å². The van der Waals surface area contributed by atoms with Crippen LogP contribution in [0.5, 0.6) is 5.75 Å². The first kappa shape index (κ1) is 18.9. The topological polar surface area (TPSA) is 71.5 Å². The van der Waals surface area contributed by atoms with E-state index in [2.05, 4.69) is 10.3 Å². The number of amides is 2. The second kappa shape index (κ2) is 9.16. The molecule has 2 heterocycles. The Morgan fingerprint density at radius 1 is 1.19 bits per heavy atom. The van der Waals surface area contributed by atoms with E-state index >= 15 is 0 Å². The molecule has 1 aromatic heterocycles. The van der Waals surface area contributed by atoms with E-state index in [1.807, 2.05) is 36.1 Å². The lowest BCUT2D eigenvalue weighted by molar-refractivity contribution is -0.121. The Morgan fingerprint density at radius 3 is 2.56 bits per heavy atom. The van der Waals surface area contributed by atoms with E-state index < -0.39 is 0 Å². The Balaban J connectivity index is 1.44. The molecule has 27 heavy (non-hydrogen) atoms. The van der Waals surface area contributed by atoms with E-state index in [0.717, 1.165) is 24.2 Å². The van der Waals surface area contributed by atoms with Crippen LogP contribution < -0.4 is 10.1 Å². The second-order valence-electron chi connectivity index (χ2n) is 6.63. The summed E-state index contributed by atoms with van der Waals surface area (Å²) in [5.74, 6) is 0.825. The molecule has 6 heteroatoms. The van der Waals surface area contributed by atoms with E-state index in [-0.39, 0.29) is 17.9 Å². The molecule has 1 N–H and O–H groups in total. The lowest BCUT2D eigenvalue weighted by atomic mass is 10.0. The van der Waals surface area contributed by atoms with Crippen molar-refractivity contribution in [1.29, 1.82) is 0 Å². The van der Waals surface area contributed by atoms with Crippen molar-refractivity contribution in [2.24, 2.45) is 0 Å². The van der Waals surface area contributed by atoms with E-state index in [0.29, 0.717) is 31.7 Å². The molecule has 0 unspecified atom stereocenters. The van der Waals surface area contributed by atoms with Crippen molar-refractivity contribution >= 4 is 11.8 Å². The summed E-state index contributed by atoms with van der Waals surface area (Å²) < 4.78 is 5.41. The number of benzene rings is 1. The van der Waals surface area contributed by atoms with Gasteiger partial charge in [0.1, 0.15) is 5.75 Å². The molecule has 0 aliphatic carbocycles. The van der Waals surface area contributed by atoms with Gasteiger partial charge in [-0.1, -0.05) is 12.1 Å². The number of carbonyl (C=O) groups excluding carboxylic acids is 2. The minimum absolute atomic E-state index is 0.00210. The van der Waals surface area contributed by atoms with Crippen LogP contribution in [0.3, 0.4) is 0 Å². The van der Waals surface area contributed by atoms with E-state index in [4.69, 9.17) is 4.74 Å². The van der Waals surface area contributed by atoms with Crippen molar-refractivity contribution in [3.63, 3.8) is 0 Å². The van der Waals surface area contributed by atoms with Gasteiger partial charge < -0.3 is 15.0 Å². The van der Waals surface area contributed by atoms with Crippen molar-refractivity contribution in [2.45, 2.75) is 32.2 Å². The van der Waals surface area contributed by atoms with Gasteiger partial charge >= 0.3 is 0 Å². The molecule has 0 spiro atoms. The predicted octanol–water partition coefficient (Wildman–Crippen LogP) is 2.44. The standard InChI is InChI=1S/C21H25N3O3/c1-2-27-19-7-5-16(6-8-19)14-20(25)23-18-9-12-24(13-10-18)21(26)17-4-3-11-22-15-17/h3-8,11,15,18H,2,9-10,12-14H2,1H3,(H,23,25). The molecular weight excluding hydrogens is 342 g/mol. The molecule has 1 fully saturated rings. The molecule has 2 amide bonds. The Hall–Kier alpha value is -2.89. The Bertz CT molecular complexity index is 754. The van der Waals surface area contributed by atoms with Gasteiger partial charge in [0.25, 0.3) is 5.91 Å². The molecule has 1 aliphatic rings. The SMILES string of the molecule is CCOc1ccc(CC(=O)NC2CCN(C(=O)c3cccnc3)CC2)cc1. The van der Waals surface area contributed by atoms with E-state index in [9.17, 15) is 9.59 Å². The molecule has 0 bridgehead atoms. The van der Waals surface area contributed by atoms with Crippen LogP contribution in [0, 0.1) is 0 Å². The molecule has 1 aliphatic heterocycles. The van der Waals surface area contributed by atoms with Crippen molar-refractivity contribution in [1.82, 2.24) is 15.2 Å². The predicted molar refractivity (Wildman–Crippen MR) is 103 cm³/mol. The zero-order valence-electron chi connectivity index (χ0n) is 15.6. The summed E-state index contributed by atoms with van der Waals surface area (Å²) in [5.41, 5.74) is 1.57. The van der Waals surface area contributed by atoms with Crippen molar-refractivity contribution in [2.75, 3.05) is 19.7 Å². The lowest BCUT2D eigenvalue weighted by Crippen LogP contribution is -2.46. The maximum Gasteiger partial charge on any atom is 0.255 e. The van der Waals surface area contributed by atoms with Crippen molar-refractivity contribution in [3.8, 4) is 5.75 Å². The van der Waals surface area contributed by atoms with Crippen molar-refractivity contribution < 1.29 is 14.3 Å². The molecular formula is C21H25N3O3. The van der Waals surface area contributed by atoms with Gasteiger partial charge in [0.15, 0.2) is 0 Å². The Labute approximate surface area is 159 Å². The average molecular weight is 367 g/mol. The number of carbonyl (C=O) groups is 2. The summed E-state index contributed by atoms with van der Waals surface area (Å²) >= 11 is 0. The number of nitrogens with zero attached hydrogens (tertiary/aromatic N) is 2. The summed E-state index contributed by atoms with van der Waals surface area (Å²) in [5, 5.41) is 3.09. The summed E-state index contributed by atoms with van der Waals surface area (Å²) in [6.07, 6.45) is 5.12. The highest BCUT2D eigenvalue weighted by Gasteiger charge is 2.24. The van der Waals surface area contributed by atoms with Gasteiger partial charge in [-0.05, 0) is 49.6 Å². The third-order valence-corrected chi connectivity index (χ3v) is 4.65. The molecule has 2 aromatic rings. The average Bonchev–Trinajstić information content (AvgIpc) is 2.70. The van der Waals surface area contributed by atoms with Crippen LogP contribution in [0.15, 0.2) is 48.8 Å². The minimum Gasteiger partial charge on any atom is -0.494 e. The monoisotopic (exact) mass is 367 g/mol. The van der Waals surface area contributed by atoms with Crippen LogP contribution >= 0.6 is 0 Å². The van der Waals surface area contributed by atoms with E-state index in [1.54, 1.807) is 24.5 Å². The lowest BCUT2D eigenvalue weighted by Gasteiger charge is -2.32. The molecule has 1 aromatic carbocycles. The van der Waals surface area contributed by atoms with Crippen LogP contribution in [0.1, 0.15) is 35.7 Å². The third kappa shape index (κ3) is 5.29. The van der Waals surface area contributed by atoms with Crippen LogP contribution in [0.2, 0.25) is 0 Å². The first-order valence-corrected chi connectivity index (χ1v) is 9.36. The molecule has 1 saturated heterocycles. The van der Waals surface area contributed by atoms with Crippen LogP contribution in [-0.4, -0.2) is 47.4 Å². The molecule has 0 radical (unpaired) electrons. The molecule has 142 valence electrons. The number of hydrogen-bond donors (Lipinski definition) is 1. The number of likely N-dealkylation sites (tertiary alicyclic amines) is 1. The van der Waals surface area contributed by atoms with Gasteiger partial charge in [0.05, 0.1) is 18.6 Å². The Kier molecular flexibility index (Phi) is 6.41. The fourth-order valence-corrected chi connectivity index (χ4v) is 3.23. The second-order valence-corrected chi connectivity index (χ2v) is 6.63. The molecule has 6 nitrogen and oxygen atoms in total. The number of piperidine rings is 1. The van der Waals surface area contributed by atoms with Gasteiger partial charge in [0.2, 0.25) is 5.91 Å². The minimum atomic E-state index is 0.00210. The zero-order valence-corrected chi connectivity index (χ0v) is 15.6. The van der Waals surface area contributed by atoms with E-state index in [1.165, 1.54) is 0 Å². The van der Waals surface area contributed by atoms with Crippen LogP contribution in [0.4, 0.5) is 0 Å². The van der Waals surface area contributed by atoms with Crippen LogP contribution in [-0.2, 0) is 11.2 Å². The number of pyridine rings is 1. The fourth-order valence-electron chi connectivity index (χ4n) is 3.23. The number of ether oxygens (including phenoxy) is 1. The molecule has 3 rings (SSSR count). The highest BCUT2D eigenvalue weighted by molar-refractivity contribution is 5.93. The summed E-state index contributed by atoms with van der Waals surface area (Å²) in [7, 11) is 0. The number of hydrogen-bond acceptors (Lipinski definition) is 4. The summed E-state index contributed by atoms with van der Waals surface area (Å²) in [6.45, 7) is 3.85. The normalized spacial score (nSPS) is 14.6. The largest absolute Gasteiger partial charge is 0.494 e. The summed E-state index contributed by atoms with van der Waals surface area (Å²) in [6, 6.07) is 11.3. The molecule has 0 saturated carbocycles. The first-order chi connectivity index (χ1) is 13.2. The fraction of sp³-hybridized carbons (Fsp3) is 0.381. The summed E-state index contributed by atoms with van der Waals surface area (Å²) in [4.78, 5) is 30.6. The van der Waals surface area contributed by atoms with Gasteiger partial charge in [0, 0.05) is 31.5 Å². The smallest absolute Gasteiger partial charge is 0.255 e. The maximum absolute atomic E-state index is 12.4. The zero-order chi connectivity index (χ0) is 19.1. The van der Waals surface area contributed by atoms with Gasteiger partial charge in [-0.15, -0.1) is 0 Å².